The van der Waals surface area contributed by atoms with E-state index in [1.165, 1.54) is 0 Å². The lowest BCUT2D eigenvalue weighted by molar-refractivity contribution is -0.122. The number of thiocarbonyl (C=S) groups is 1. The van der Waals surface area contributed by atoms with Crippen LogP contribution in [0.3, 0.4) is 0 Å². The summed E-state index contributed by atoms with van der Waals surface area (Å²) in [5.41, 5.74) is 2.03. The number of carbonyl (C=O) groups excluding carboxylic acids is 2. The Morgan fingerprint density at radius 2 is 1.77 bits per heavy atom. The van der Waals surface area contributed by atoms with Crippen LogP contribution in [0.25, 0.3) is 0 Å². The van der Waals surface area contributed by atoms with Crippen LogP contribution in [0.15, 0.2) is 54.6 Å². The summed E-state index contributed by atoms with van der Waals surface area (Å²) in [5.74, 6) is -0.415. The minimum absolute atomic E-state index is 0.0977. The van der Waals surface area contributed by atoms with Crippen molar-refractivity contribution in [1.29, 1.82) is 0 Å². The molecule has 0 aromatic heterocycles. The molecule has 26 heavy (non-hydrogen) atoms. The summed E-state index contributed by atoms with van der Waals surface area (Å²) < 4.78 is 0. The molecular weight excluding hydrogens is 346 g/mol. The number of hydrogen-bond donors (Lipinski definition) is 2. The number of nitrogens with one attached hydrogen (secondary N) is 2. The molecule has 0 heterocycles. The number of rotatable bonds is 5. The van der Waals surface area contributed by atoms with Gasteiger partial charge in [-0.2, -0.15) is 0 Å². The van der Waals surface area contributed by atoms with Crippen LogP contribution in [-0.2, 0) is 4.79 Å². The third kappa shape index (κ3) is 5.13. The van der Waals surface area contributed by atoms with Crippen molar-refractivity contribution in [3.8, 4) is 0 Å². The van der Waals surface area contributed by atoms with Crippen LogP contribution in [0, 0.1) is 5.92 Å². The van der Waals surface area contributed by atoms with Gasteiger partial charge in [-0.05, 0) is 49.5 Å². The molecule has 2 rings (SSSR count). The number of nitrogens with zero attached hydrogens (tertiary/aromatic N) is 1. The maximum absolute atomic E-state index is 12.9. The number of amides is 2. The first-order valence-corrected chi connectivity index (χ1v) is 8.92. The Bertz CT molecular complexity index is 791. The maximum Gasteiger partial charge on any atom is 0.258 e. The Labute approximate surface area is 159 Å². The molecule has 0 aliphatic heterocycles. The molecule has 2 aromatic carbocycles. The van der Waals surface area contributed by atoms with Gasteiger partial charge in [-0.3, -0.25) is 9.59 Å². The van der Waals surface area contributed by atoms with E-state index in [9.17, 15) is 9.59 Å². The van der Waals surface area contributed by atoms with Gasteiger partial charge in [0, 0.05) is 29.4 Å². The second-order valence-corrected chi connectivity index (χ2v) is 6.47. The van der Waals surface area contributed by atoms with Crippen LogP contribution in [0.4, 0.5) is 11.4 Å². The van der Waals surface area contributed by atoms with Gasteiger partial charge in [-0.1, -0.05) is 38.1 Å². The van der Waals surface area contributed by atoms with Crippen LogP contribution in [-0.4, -0.2) is 23.5 Å². The summed E-state index contributed by atoms with van der Waals surface area (Å²) in [5, 5.41) is 5.78. The summed E-state index contributed by atoms with van der Waals surface area (Å²) >= 11 is 5.15. The smallest absolute Gasteiger partial charge is 0.258 e. The summed E-state index contributed by atoms with van der Waals surface area (Å²) in [7, 11) is 0. The number of carbonyl (C=O) groups is 2. The highest BCUT2D eigenvalue weighted by Gasteiger charge is 2.16. The van der Waals surface area contributed by atoms with E-state index in [0.29, 0.717) is 17.8 Å². The predicted molar refractivity (Wildman–Crippen MR) is 109 cm³/mol. The van der Waals surface area contributed by atoms with E-state index in [0.717, 1.165) is 5.69 Å². The average Bonchev–Trinajstić information content (AvgIpc) is 2.63. The Kier molecular flexibility index (Phi) is 6.86. The van der Waals surface area contributed by atoms with E-state index in [-0.39, 0.29) is 22.8 Å². The maximum atomic E-state index is 12.9. The molecule has 5 nitrogen and oxygen atoms in total. The van der Waals surface area contributed by atoms with Crippen molar-refractivity contribution in [2.24, 2.45) is 5.92 Å². The van der Waals surface area contributed by atoms with Gasteiger partial charge in [0.15, 0.2) is 5.11 Å². The van der Waals surface area contributed by atoms with Crippen molar-refractivity contribution in [2.75, 3.05) is 16.8 Å². The van der Waals surface area contributed by atoms with Crippen molar-refractivity contribution >= 4 is 40.5 Å². The molecule has 0 unspecified atom stereocenters. The van der Waals surface area contributed by atoms with E-state index < -0.39 is 0 Å². The lowest BCUT2D eigenvalue weighted by Crippen LogP contribution is -2.36. The molecule has 0 saturated heterocycles. The molecule has 0 aliphatic carbocycles. The first kappa shape index (κ1) is 19.6. The Morgan fingerprint density at radius 3 is 2.38 bits per heavy atom. The first-order valence-electron chi connectivity index (χ1n) is 8.51. The highest BCUT2D eigenvalue weighted by molar-refractivity contribution is 7.80. The SMILES string of the molecule is CCN(C(=O)c1cccc(NC(=S)NC(=O)C(C)C)c1)c1ccccc1. The van der Waals surface area contributed by atoms with Gasteiger partial charge in [-0.25, -0.2) is 0 Å². The Balaban J connectivity index is 2.14. The second-order valence-electron chi connectivity index (χ2n) is 6.06. The largest absolute Gasteiger partial charge is 0.332 e. The number of hydrogen-bond acceptors (Lipinski definition) is 3. The quantitative estimate of drug-likeness (QED) is 0.787. The second kappa shape index (κ2) is 9.10. The minimum Gasteiger partial charge on any atom is -0.332 e. The number of benzene rings is 2. The standard InChI is InChI=1S/C20H23N3O2S/c1-4-23(17-11-6-5-7-12-17)19(25)15-9-8-10-16(13-15)21-20(26)22-18(24)14(2)3/h5-14H,4H2,1-3H3,(H2,21,22,24,26). The summed E-state index contributed by atoms with van der Waals surface area (Å²) in [6.45, 7) is 6.08. The van der Waals surface area contributed by atoms with Gasteiger partial charge in [0.25, 0.3) is 5.91 Å². The normalized spacial score (nSPS) is 10.3. The van der Waals surface area contributed by atoms with E-state index in [4.69, 9.17) is 12.2 Å². The van der Waals surface area contributed by atoms with Crippen LogP contribution >= 0.6 is 12.2 Å². The molecule has 6 heteroatoms. The molecule has 0 bridgehead atoms. The van der Waals surface area contributed by atoms with E-state index in [1.807, 2.05) is 37.3 Å². The monoisotopic (exact) mass is 369 g/mol. The molecule has 2 aromatic rings. The van der Waals surface area contributed by atoms with Crippen molar-refractivity contribution in [3.05, 3.63) is 60.2 Å². The van der Waals surface area contributed by atoms with E-state index in [2.05, 4.69) is 10.6 Å². The van der Waals surface area contributed by atoms with Crippen molar-refractivity contribution in [3.63, 3.8) is 0 Å². The van der Waals surface area contributed by atoms with Gasteiger partial charge in [0.2, 0.25) is 5.91 Å². The Morgan fingerprint density at radius 1 is 1.08 bits per heavy atom. The summed E-state index contributed by atoms with van der Waals surface area (Å²) in [6, 6.07) is 16.6. The highest BCUT2D eigenvalue weighted by Crippen LogP contribution is 2.18. The van der Waals surface area contributed by atoms with Gasteiger partial charge in [0.05, 0.1) is 0 Å². The molecular formula is C20H23N3O2S. The molecule has 2 amide bonds. The topological polar surface area (TPSA) is 61.4 Å². The highest BCUT2D eigenvalue weighted by atomic mass is 32.1. The third-order valence-corrected chi connectivity index (χ3v) is 3.96. The summed E-state index contributed by atoms with van der Waals surface area (Å²) in [4.78, 5) is 26.3. The first-order chi connectivity index (χ1) is 12.4. The minimum atomic E-state index is -0.161. The zero-order chi connectivity index (χ0) is 19.1. The van der Waals surface area contributed by atoms with Gasteiger partial charge >= 0.3 is 0 Å². The zero-order valence-corrected chi connectivity index (χ0v) is 16.0. The van der Waals surface area contributed by atoms with Gasteiger partial charge < -0.3 is 15.5 Å². The average molecular weight is 369 g/mol. The van der Waals surface area contributed by atoms with Crippen molar-refractivity contribution in [2.45, 2.75) is 20.8 Å². The fourth-order valence-corrected chi connectivity index (χ4v) is 2.57. The van der Waals surface area contributed by atoms with E-state index in [1.54, 1.807) is 43.0 Å². The zero-order valence-electron chi connectivity index (χ0n) is 15.2. The lowest BCUT2D eigenvalue weighted by atomic mass is 10.1. The lowest BCUT2D eigenvalue weighted by Gasteiger charge is -2.21. The molecule has 0 aliphatic rings. The van der Waals surface area contributed by atoms with Crippen molar-refractivity contribution in [1.82, 2.24) is 5.32 Å². The number of anilines is 2. The molecule has 0 radical (unpaired) electrons. The molecule has 0 fully saturated rings. The van der Waals surface area contributed by atoms with Crippen molar-refractivity contribution < 1.29 is 9.59 Å². The fourth-order valence-electron chi connectivity index (χ4n) is 2.36. The molecule has 136 valence electrons. The van der Waals surface area contributed by atoms with Crippen LogP contribution in [0.1, 0.15) is 31.1 Å². The molecule has 2 N–H and O–H groups in total. The Hall–Kier alpha value is -2.73. The molecule has 0 atom stereocenters. The molecule has 0 spiro atoms. The predicted octanol–water partition coefficient (Wildman–Crippen LogP) is 3.82. The third-order valence-electron chi connectivity index (χ3n) is 3.76. The van der Waals surface area contributed by atoms with Gasteiger partial charge in [0.1, 0.15) is 0 Å². The van der Waals surface area contributed by atoms with E-state index >= 15 is 0 Å². The summed E-state index contributed by atoms with van der Waals surface area (Å²) in [6.07, 6.45) is 0. The van der Waals surface area contributed by atoms with Crippen LogP contribution in [0.5, 0.6) is 0 Å². The van der Waals surface area contributed by atoms with Crippen LogP contribution in [0.2, 0.25) is 0 Å². The van der Waals surface area contributed by atoms with Gasteiger partial charge in [-0.15, -0.1) is 0 Å². The van der Waals surface area contributed by atoms with Crippen LogP contribution < -0.4 is 15.5 Å². The molecule has 0 saturated carbocycles. The number of para-hydroxylation sites is 1. The fraction of sp³-hybridized carbons (Fsp3) is 0.250.